The van der Waals surface area contributed by atoms with E-state index in [1.54, 1.807) is 0 Å². The Morgan fingerprint density at radius 3 is 1.20 bits per heavy atom. The molecule has 11 heteroatoms. The number of carbonyl (C=O) groups excluding carboxylic acids is 6. The number of Topliss-reactive ketones (excluding diaryl/α,β-unsaturated/α-hetero) is 4. The fourth-order valence-corrected chi connectivity index (χ4v) is 5.45. The van der Waals surface area contributed by atoms with E-state index in [4.69, 9.17) is 33.4 Å². The molecule has 4 aromatic carbocycles. The molecular formula is C38H34Cl2O8Y. The Bertz CT molecular complexity index is 1710. The monoisotopic (exact) mass is 777 g/mol. The fourth-order valence-electron chi connectivity index (χ4n) is 5.02. The van der Waals surface area contributed by atoms with E-state index in [2.05, 4.69) is 26.0 Å². The number of ketones is 4. The Morgan fingerprint density at radius 2 is 0.898 bits per heavy atom. The van der Waals surface area contributed by atoms with E-state index in [9.17, 15) is 28.8 Å². The smallest absolute Gasteiger partial charge is 0.181 e. The molecule has 251 valence electrons. The van der Waals surface area contributed by atoms with Gasteiger partial charge in [0.1, 0.15) is 35.9 Å². The zero-order valence-electron chi connectivity index (χ0n) is 26.9. The summed E-state index contributed by atoms with van der Waals surface area (Å²) in [4.78, 5) is 66.6. The van der Waals surface area contributed by atoms with Crippen LogP contribution >= 0.6 is 23.2 Å². The molecule has 0 bridgehead atoms. The number of phenolic OH excluding ortho intramolecular Hbond substituents is 2. The van der Waals surface area contributed by atoms with Crippen molar-refractivity contribution in [1.29, 1.82) is 0 Å². The van der Waals surface area contributed by atoms with Gasteiger partial charge in [-0.05, 0) is 84.6 Å². The number of fused-ring (bicyclic) bond motifs is 2. The van der Waals surface area contributed by atoms with Crippen molar-refractivity contribution in [2.45, 2.75) is 39.5 Å². The third kappa shape index (κ3) is 11.1. The number of hydrogen-bond acceptors (Lipinski definition) is 8. The molecule has 2 unspecified atom stereocenters. The molecule has 0 saturated heterocycles. The summed E-state index contributed by atoms with van der Waals surface area (Å²) in [5.74, 6) is -4.64. The average Bonchev–Trinajstić information content (AvgIpc) is 3.44. The molecule has 0 heterocycles. The largest absolute Gasteiger partial charge is 0.508 e. The van der Waals surface area contributed by atoms with Crippen LogP contribution in [0.15, 0.2) is 84.9 Å². The standard InChI is InChI=1S/2C10H6O4.2C9H11Cl.Y/c2*11-4-8-9(13)6-2-1-5(12)3-7(6)10(8)14;2*1-2-4-8-5-3-6-9(10)7-8;/h2*1-4,8,12H;2*3,5-7H,2,4H2,1H3;. The number of hydrogen-bond donors (Lipinski definition) is 2. The maximum Gasteiger partial charge on any atom is 0.181 e. The summed E-state index contributed by atoms with van der Waals surface area (Å²) in [5.41, 5.74) is 3.35. The molecule has 2 atom stereocenters. The molecule has 0 saturated carbocycles. The van der Waals surface area contributed by atoms with E-state index in [0.29, 0.717) is 12.6 Å². The van der Waals surface area contributed by atoms with Gasteiger partial charge in [-0.15, -0.1) is 0 Å². The predicted molar refractivity (Wildman–Crippen MR) is 184 cm³/mol. The van der Waals surface area contributed by atoms with Crippen LogP contribution in [0.2, 0.25) is 10.0 Å². The van der Waals surface area contributed by atoms with Crippen molar-refractivity contribution in [3.63, 3.8) is 0 Å². The Hall–Kier alpha value is -3.82. The van der Waals surface area contributed by atoms with Gasteiger partial charge in [-0.2, -0.15) is 0 Å². The normalized spacial score (nSPS) is 15.2. The minimum absolute atomic E-state index is 0. The first-order valence-corrected chi connectivity index (χ1v) is 15.9. The second kappa shape index (κ2) is 20.0. The minimum atomic E-state index is -1.22. The predicted octanol–water partition coefficient (Wildman–Crippen LogP) is 7.76. The van der Waals surface area contributed by atoms with E-state index < -0.39 is 35.0 Å². The number of phenols is 2. The fraction of sp³-hybridized carbons (Fsp3) is 0.211. The topological polar surface area (TPSA) is 143 Å². The van der Waals surface area contributed by atoms with E-state index >= 15 is 0 Å². The van der Waals surface area contributed by atoms with Gasteiger partial charge in [0.05, 0.1) is 0 Å². The number of rotatable bonds is 6. The number of aromatic hydroxyl groups is 2. The summed E-state index contributed by atoms with van der Waals surface area (Å²) in [6.45, 7) is 4.34. The second-order valence-corrected chi connectivity index (χ2v) is 11.8. The van der Waals surface area contributed by atoms with Crippen LogP contribution in [0, 0.1) is 11.8 Å². The molecule has 2 N–H and O–H groups in total. The summed E-state index contributed by atoms with van der Waals surface area (Å²) in [6, 6.07) is 23.8. The summed E-state index contributed by atoms with van der Waals surface area (Å²) >= 11 is 11.6. The average molecular weight is 778 g/mol. The molecule has 0 fully saturated rings. The molecule has 1 radical (unpaired) electrons. The zero-order chi connectivity index (χ0) is 35.4. The van der Waals surface area contributed by atoms with Crippen LogP contribution in [0.3, 0.4) is 0 Å². The molecule has 0 aliphatic heterocycles. The van der Waals surface area contributed by atoms with Gasteiger partial charge in [0, 0.05) is 65.0 Å². The number of halogens is 2. The number of benzene rings is 4. The van der Waals surface area contributed by atoms with Gasteiger partial charge in [0.15, 0.2) is 23.1 Å². The van der Waals surface area contributed by atoms with Gasteiger partial charge in [-0.1, -0.05) is 74.2 Å². The Balaban J connectivity index is 0.000000228. The van der Waals surface area contributed by atoms with Crippen molar-refractivity contribution in [3.8, 4) is 11.5 Å². The maximum atomic E-state index is 11.4. The first-order valence-electron chi connectivity index (χ1n) is 15.2. The Kier molecular flexibility index (Phi) is 16.9. The molecule has 2 aliphatic rings. The number of aldehydes is 2. The summed E-state index contributed by atoms with van der Waals surface area (Å²) in [5, 5.41) is 19.9. The third-order valence-corrected chi connectivity index (χ3v) is 7.80. The summed E-state index contributed by atoms with van der Waals surface area (Å²) in [7, 11) is 0. The van der Waals surface area contributed by atoms with Crippen LogP contribution < -0.4 is 0 Å². The van der Waals surface area contributed by atoms with Gasteiger partial charge >= 0.3 is 0 Å². The molecule has 0 amide bonds. The van der Waals surface area contributed by atoms with Gasteiger partial charge < -0.3 is 19.8 Å². The van der Waals surface area contributed by atoms with Crippen LogP contribution in [-0.2, 0) is 55.1 Å². The van der Waals surface area contributed by atoms with Crippen molar-refractivity contribution in [1.82, 2.24) is 0 Å². The van der Waals surface area contributed by atoms with Crippen LogP contribution in [0.25, 0.3) is 0 Å². The van der Waals surface area contributed by atoms with E-state index in [1.165, 1.54) is 60.4 Å². The maximum absolute atomic E-state index is 11.4. The molecule has 8 nitrogen and oxygen atoms in total. The Labute approximate surface area is 319 Å². The van der Waals surface area contributed by atoms with Crippen LogP contribution in [-0.4, -0.2) is 45.9 Å². The number of carbonyl (C=O) groups is 6. The molecule has 6 rings (SSSR count). The number of aryl methyl sites for hydroxylation is 2. The SMILES string of the molecule is CCCc1cccc(Cl)c1.CCCc1cccc(Cl)c1.O=CC1C(=O)c2ccc(O)cc2C1=O.O=CC1C(=O)c2ccc(O)cc2C1=O.[Y]. The van der Waals surface area contributed by atoms with Crippen LogP contribution in [0.1, 0.15) is 79.2 Å². The van der Waals surface area contributed by atoms with Crippen molar-refractivity contribution in [2.75, 3.05) is 0 Å². The van der Waals surface area contributed by atoms with Gasteiger partial charge in [-0.3, -0.25) is 19.2 Å². The molecule has 4 aromatic rings. The summed E-state index contributed by atoms with van der Waals surface area (Å²) in [6.07, 6.45) is 5.28. The Morgan fingerprint density at radius 1 is 0.551 bits per heavy atom. The van der Waals surface area contributed by atoms with Crippen molar-refractivity contribution in [2.24, 2.45) is 11.8 Å². The first kappa shape index (κ1) is 41.4. The van der Waals surface area contributed by atoms with E-state index in [0.717, 1.165) is 22.9 Å². The van der Waals surface area contributed by atoms with Crippen LogP contribution in [0.5, 0.6) is 11.5 Å². The molecule has 2 aliphatic carbocycles. The van der Waals surface area contributed by atoms with Crippen LogP contribution in [0.4, 0.5) is 0 Å². The second-order valence-electron chi connectivity index (χ2n) is 10.9. The minimum Gasteiger partial charge on any atom is -0.508 e. The molecule has 0 aromatic heterocycles. The van der Waals surface area contributed by atoms with Gasteiger partial charge in [-0.25, -0.2) is 0 Å². The quantitative estimate of drug-likeness (QED) is 0.150. The summed E-state index contributed by atoms with van der Waals surface area (Å²) < 4.78 is 0. The van der Waals surface area contributed by atoms with E-state index in [-0.39, 0.29) is 66.5 Å². The molecule has 0 spiro atoms. The van der Waals surface area contributed by atoms with Crippen molar-refractivity contribution >= 4 is 58.9 Å². The van der Waals surface area contributed by atoms with Gasteiger partial charge in [0.25, 0.3) is 0 Å². The van der Waals surface area contributed by atoms with Gasteiger partial charge in [0.2, 0.25) is 0 Å². The van der Waals surface area contributed by atoms with Crippen molar-refractivity contribution < 1.29 is 71.7 Å². The first-order chi connectivity index (χ1) is 22.9. The third-order valence-electron chi connectivity index (χ3n) is 7.33. The molecule has 49 heavy (non-hydrogen) atoms. The van der Waals surface area contributed by atoms with Crippen molar-refractivity contribution in [3.05, 3.63) is 128 Å². The van der Waals surface area contributed by atoms with E-state index in [1.807, 2.05) is 36.4 Å². The zero-order valence-corrected chi connectivity index (χ0v) is 31.2. The molecular weight excluding hydrogens is 744 g/mol.